The molecule has 18 heavy (non-hydrogen) atoms. The van der Waals surface area contributed by atoms with Gasteiger partial charge in [-0.1, -0.05) is 13.8 Å². The van der Waals surface area contributed by atoms with Crippen LogP contribution in [0.1, 0.15) is 26.2 Å². The van der Waals surface area contributed by atoms with Crippen LogP contribution in [-0.4, -0.2) is 24.7 Å². The predicted octanol–water partition coefficient (Wildman–Crippen LogP) is 3.23. The molecule has 0 aliphatic carbocycles. The van der Waals surface area contributed by atoms with E-state index in [0.29, 0.717) is 12.6 Å². The van der Waals surface area contributed by atoms with E-state index in [1.807, 2.05) is 25.1 Å². The number of rotatable bonds is 6. The summed E-state index contributed by atoms with van der Waals surface area (Å²) < 4.78 is 10.8. The van der Waals surface area contributed by atoms with Crippen LogP contribution < -0.4 is 5.32 Å². The van der Waals surface area contributed by atoms with Crippen LogP contribution in [0.25, 0.3) is 11.1 Å². The van der Waals surface area contributed by atoms with Crippen LogP contribution in [0.3, 0.4) is 0 Å². The molecule has 98 valence electrons. The molecule has 0 fully saturated rings. The first-order valence-corrected chi connectivity index (χ1v) is 6.41. The standard InChI is InChI=1S/C14H20N2O2/c1-4-10(9-17-3)15-11-6-7-13-12(8-11)16-14(5-2)18-13/h6-8,10,15H,4-5,9H2,1-3H3. The van der Waals surface area contributed by atoms with Gasteiger partial charge in [-0.15, -0.1) is 0 Å². The Bertz CT molecular complexity index is 507. The van der Waals surface area contributed by atoms with Crippen LogP contribution in [0.15, 0.2) is 22.6 Å². The number of hydrogen-bond donors (Lipinski definition) is 1. The first kappa shape index (κ1) is 12.9. The Balaban J connectivity index is 2.18. The number of methoxy groups -OCH3 is 1. The summed E-state index contributed by atoms with van der Waals surface area (Å²) in [5.74, 6) is 0.783. The summed E-state index contributed by atoms with van der Waals surface area (Å²) in [6, 6.07) is 6.33. The summed E-state index contributed by atoms with van der Waals surface area (Å²) >= 11 is 0. The Morgan fingerprint density at radius 1 is 1.39 bits per heavy atom. The molecule has 4 nitrogen and oxygen atoms in total. The van der Waals surface area contributed by atoms with Crippen molar-refractivity contribution >= 4 is 16.8 Å². The lowest BCUT2D eigenvalue weighted by molar-refractivity contribution is 0.184. The normalized spacial score (nSPS) is 12.8. The third-order valence-electron chi connectivity index (χ3n) is 2.97. The van der Waals surface area contributed by atoms with E-state index in [1.165, 1.54) is 0 Å². The highest BCUT2D eigenvalue weighted by Crippen LogP contribution is 2.21. The quantitative estimate of drug-likeness (QED) is 0.852. The smallest absolute Gasteiger partial charge is 0.195 e. The summed E-state index contributed by atoms with van der Waals surface area (Å²) in [6.45, 7) is 4.88. The number of benzene rings is 1. The second-order valence-corrected chi connectivity index (χ2v) is 4.35. The van der Waals surface area contributed by atoms with E-state index < -0.39 is 0 Å². The molecule has 2 rings (SSSR count). The van der Waals surface area contributed by atoms with E-state index in [0.717, 1.165) is 35.5 Å². The molecule has 0 saturated carbocycles. The molecule has 1 unspecified atom stereocenters. The van der Waals surface area contributed by atoms with Crippen molar-refractivity contribution < 1.29 is 9.15 Å². The van der Waals surface area contributed by atoms with Crippen molar-refractivity contribution in [3.63, 3.8) is 0 Å². The Morgan fingerprint density at radius 3 is 2.89 bits per heavy atom. The zero-order valence-electron chi connectivity index (χ0n) is 11.2. The highest BCUT2D eigenvalue weighted by Gasteiger charge is 2.08. The molecule has 0 bridgehead atoms. The maximum absolute atomic E-state index is 5.59. The van der Waals surface area contributed by atoms with Gasteiger partial charge >= 0.3 is 0 Å². The lowest BCUT2D eigenvalue weighted by atomic mass is 10.2. The molecule has 1 aromatic carbocycles. The Hall–Kier alpha value is -1.55. The maximum atomic E-state index is 5.59. The number of anilines is 1. The second kappa shape index (κ2) is 5.87. The van der Waals surface area contributed by atoms with E-state index >= 15 is 0 Å². The summed E-state index contributed by atoms with van der Waals surface area (Å²) in [7, 11) is 1.72. The third-order valence-corrected chi connectivity index (χ3v) is 2.97. The molecular formula is C14H20N2O2. The zero-order valence-corrected chi connectivity index (χ0v) is 11.2. The molecule has 0 aliphatic heterocycles. The molecule has 1 N–H and O–H groups in total. The maximum Gasteiger partial charge on any atom is 0.195 e. The molecule has 1 heterocycles. The van der Waals surface area contributed by atoms with Gasteiger partial charge < -0.3 is 14.5 Å². The first-order valence-electron chi connectivity index (χ1n) is 6.41. The van der Waals surface area contributed by atoms with Gasteiger partial charge in [0, 0.05) is 25.3 Å². The van der Waals surface area contributed by atoms with E-state index in [9.17, 15) is 0 Å². The topological polar surface area (TPSA) is 47.3 Å². The fraction of sp³-hybridized carbons (Fsp3) is 0.500. The van der Waals surface area contributed by atoms with E-state index in [4.69, 9.17) is 9.15 Å². The van der Waals surface area contributed by atoms with Gasteiger partial charge in [0.15, 0.2) is 11.5 Å². The van der Waals surface area contributed by atoms with Crippen molar-refractivity contribution in [3.8, 4) is 0 Å². The van der Waals surface area contributed by atoms with Gasteiger partial charge in [-0.25, -0.2) is 4.98 Å². The van der Waals surface area contributed by atoms with E-state index in [1.54, 1.807) is 7.11 Å². The largest absolute Gasteiger partial charge is 0.441 e. The molecule has 1 atom stereocenters. The lowest BCUT2D eigenvalue weighted by Gasteiger charge is -2.16. The number of ether oxygens (including phenoxy) is 1. The van der Waals surface area contributed by atoms with Crippen LogP contribution in [0.4, 0.5) is 5.69 Å². The van der Waals surface area contributed by atoms with Crippen LogP contribution in [0.5, 0.6) is 0 Å². The molecule has 0 saturated heterocycles. The molecule has 0 amide bonds. The second-order valence-electron chi connectivity index (χ2n) is 4.35. The Morgan fingerprint density at radius 2 is 2.22 bits per heavy atom. The first-order chi connectivity index (χ1) is 8.76. The minimum Gasteiger partial charge on any atom is -0.441 e. The lowest BCUT2D eigenvalue weighted by Crippen LogP contribution is -2.23. The highest BCUT2D eigenvalue weighted by molar-refractivity contribution is 5.77. The van der Waals surface area contributed by atoms with Gasteiger partial charge in [-0.2, -0.15) is 0 Å². The van der Waals surface area contributed by atoms with Gasteiger partial charge in [0.2, 0.25) is 0 Å². The highest BCUT2D eigenvalue weighted by atomic mass is 16.5. The molecule has 1 aromatic heterocycles. The molecular weight excluding hydrogens is 228 g/mol. The predicted molar refractivity (Wildman–Crippen MR) is 73.0 cm³/mol. The number of aryl methyl sites for hydroxylation is 1. The van der Waals surface area contributed by atoms with Crippen molar-refractivity contribution in [1.29, 1.82) is 0 Å². The van der Waals surface area contributed by atoms with Crippen LogP contribution >= 0.6 is 0 Å². The van der Waals surface area contributed by atoms with Crippen LogP contribution in [0, 0.1) is 0 Å². The minimum atomic E-state index is 0.324. The van der Waals surface area contributed by atoms with Crippen molar-refractivity contribution in [1.82, 2.24) is 4.98 Å². The van der Waals surface area contributed by atoms with Crippen LogP contribution in [0.2, 0.25) is 0 Å². The van der Waals surface area contributed by atoms with Gasteiger partial charge in [-0.3, -0.25) is 0 Å². The Kier molecular flexibility index (Phi) is 4.20. The zero-order chi connectivity index (χ0) is 13.0. The SMILES string of the molecule is CCc1nc2cc(NC(CC)COC)ccc2o1. The minimum absolute atomic E-state index is 0.324. The van der Waals surface area contributed by atoms with Gasteiger partial charge in [0.1, 0.15) is 5.52 Å². The molecule has 0 radical (unpaired) electrons. The average Bonchev–Trinajstić information content (AvgIpc) is 2.80. The molecule has 0 aliphatic rings. The average molecular weight is 248 g/mol. The van der Waals surface area contributed by atoms with Crippen LogP contribution in [-0.2, 0) is 11.2 Å². The number of aromatic nitrogens is 1. The van der Waals surface area contributed by atoms with E-state index in [-0.39, 0.29) is 0 Å². The van der Waals surface area contributed by atoms with Crippen molar-refractivity contribution in [2.75, 3.05) is 19.0 Å². The van der Waals surface area contributed by atoms with Crippen molar-refractivity contribution in [2.45, 2.75) is 32.7 Å². The number of fused-ring (bicyclic) bond motifs is 1. The molecule has 0 spiro atoms. The number of oxazole rings is 1. The van der Waals surface area contributed by atoms with Gasteiger partial charge in [0.05, 0.1) is 6.61 Å². The van der Waals surface area contributed by atoms with Crippen molar-refractivity contribution in [2.24, 2.45) is 0 Å². The van der Waals surface area contributed by atoms with Gasteiger partial charge in [-0.05, 0) is 24.6 Å². The van der Waals surface area contributed by atoms with Gasteiger partial charge in [0.25, 0.3) is 0 Å². The Labute approximate surface area is 107 Å². The molecule has 4 heteroatoms. The fourth-order valence-corrected chi connectivity index (χ4v) is 1.91. The number of nitrogens with zero attached hydrogens (tertiary/aromatic N) is 1. The summed E-state index contributed by atoms with van der Waals surface area (Å²) in [5, 5.41) is 3.44. The van der Waals surface area contributed by atoms with Crippen molar-refractivity contribution in [3.05, 3.63) is 24.1 Å². The fourth-order valence-electron chi connectivity index (χ4n) is 1.91. The number of hydrogen-bond acceptors (Lipinski definition) is 4. The van der Waals surface area contributed by atoms with E-state index in [2.05, 4.69) is 17.2 Å². The molecule has 2 aromatic rings. The third kappa shape index (κ3) is 2.82. The summed E-state index contributed by atoms with van der Waals surface area (Å²) in [6.07, 6.45) is 1.84. The monoisotopic (exact) mass is 248 g/mol. The summed E-state index contributed by atoms with van der Waals surface area (Å²) in [4.78, 5) is 4.43. The number of nitrogens with one attached hydrogen (secondary N) is 1. The summed E-state index contributed by atoms with van der Waals surface area (Å²) in [5.41, 5.74) is 2.81.